The first-order valence-electron chi connectivity index (χ1n) is 10.7. The van der Waals surface area contributed by atoms with Gasteiger partial charge in [0, 0.05) is 16.6 Å². The lowest BCUT2D eigenvalue weighted by Gasteiger charge is -2.39. The SMILES string of the molecule is COc1c(C)c(O[Si](C)(C)C(C)(C)C)c2[nH]c(CO)cc2c1O[Si](C)(C)C(C)(C)C. The normalized spacial score (nSPS) is 13.6. The molecule has 0 atom stereocenters. The van der Waals surface area contributed by atoms with Gasteiger partial charge in [0.1, 0.15) is 5.75 Å². The number of aromatic amines is 1. The highest BCUT2D eigenvalue weighted by Crippen LogP contribution is 2.50. The van der Waals surface area contributed by atoms with E-state index in [-0.39, 0.29) is 16.7 Å². The number of aliphatic hydroxyl groups is 1. The zero-order valence-electron chi connectivity index (χ0n) is 21.0. The van der Waals surface area contributed by atoms with Gasteiger partial charge in [-0.3, -0.25) is 0 Å². The number of aromatic nitrogens is 1. The quantitative estimate of drug-likeness (QED) is 0.477. The monoisotopic (exact) mass is 451 g/mol. The van der Waals surface area contributed by atoms with Crippen LogP contribution in [-0.4, -0.2) is 33.8 Å². The Kier molecular flexibility index (Phi) is 6.55. The first-order chi connectivity index (χ1) is 13.5. The van der Waals surface area contributed by atoms with Gasteiger partial charge in [-0.1, -0.05) is 41.5 Å². The van der Waals surface area contributed by atoms with Gasteiger partial charge in [0.2, 0.25) is 0 Å². The van der Waals surface area contributed by atoms with Crippen LogP contribution in [0.15, 0.2) is 6.07 Å². The highest BCUT2D eigenvalue weighted by atomic mass is 28.4. The molecule has 1 aromatic carbocycles. The van der Waals surface area contributed by atoms with Gasteiger partial charge in [0.05, 0.1) is 19.2 Å². The number of hydrogen-bond acceptors (Lipinski definition) is 4. The predicted molar refractivity (Wildman–Crippen MR) is 131 cm³/mol. The number of benzene rings is 1. The van der Waals surface area contributed by atoms with Gasteiger partial charge >= 0.3 is 0 Å². The van der Waals surface area contributed by atoms with E-state index in [4.69, 9.17) is 13.6 Å². The van der Waals surface area contributed by atoms with Gasteiger partial charge < -0.3 is 23.7 Å². The summed E-state index contributed by atoms with van der Waals surface area (Å²) in [6.45, 7) is 24.2. The Bertz CT molecular complexity index is 918. The summed E-state index contributed by atoms with van der Waals surface area (Å²) in [7, 11) is -2.53. The van der Waals surface area contributed by atoms with E-state index in [9.17, 15) is 5.11 Å². The topological polar surface area (TPSA) is 63.7 Å². The fourth-order valence-electron chi connectivity index (χ4n) is 2.83. The third kappa shape index (κ3) is 4.43. The molecule has 1 heterocycles. The molecule has 0 spiro atoms. The summed E-state index contributed by atoms with van der Waals surface area (Å²) in [6.07, 6.45) is 0. The molecule has 0 saturated heterocycles. The van der Waals surface area contributed by atoms with Crippen LogP contribution in [0.4, 0.5) is 0 Å². The Labute approximate surface area is 184 Å². The molecule has 5 nitrogen and oxygen atoms in total. The lowest BCUT2D eigenvalue weighted by molar-refractivity contribution is 0.278. The van der Waals surface area contributed by atoms with Gasteiger partial charge in [-0.25, -0.2) is 0 Å². The molecule has 170 valence electrons. The Morgan fingerprint density at radius 3 is 1.73 bits per heavy atom. The van der Waals surface area contributed by atoms with Gasteiger partial charge in [-0.05, 0) is 49.3 Å². The van der Waals surface area contributed by atoms with Crippen LogP contribution >= 0.6 is 0 Å². The molecule has 2 aromatic rings. The molecule has 0 amide bonds. The van der Waals surface area contributed by atoms with Crippen LogP contribution in [0.2, 0.25) is 36.3 Å². The number of methoxy groups -OCH3 is 1. The first-order valence-corrected chi connectivity index (χ1v) is 16.5. The largest absolute Gasteiger partial charge is 0.542 e. The molecule has 0 saturated carbocycles. The number of rotatable bonds is 6. The second kappa shape index (κ2) is 7.91. The smallest absolute Gasteiger partial charge is 0.250 e. The lowest BCUT2D eigenvalue weighted by atomic mass is 10.1. The fourth-order valence-corrected chi connectivity index (χ4v) is 4.92. The summed E-state index contributed by atoms with van der Waals surface area (Å²) in [5, 5.41) is 10.8. The molecule has 0 fully saturated rings. The second-order valence-corrected chi connectivity index (χ2v) is 20.7. The predicted octanol–water partition coefficient (Wildman–Crippen LogP) is 6.75. The maximum Gasteiger partial charge on any atom is 0.250 e. The third-order valence-corrected chi connectivity index (χ3v) is 15.6. The van der Waals surface area contributed by atoms with Crippen molar-refractivity contribution in [3.05, 3.63) is 17.3 Å². The summed E-state index contributed by atoms with van der Waals surface area (Å²) < 4.78 is 19.4. The van der Waals surface area contributed by atoms with Crippen LogP contribution in [0, 0.1) is 6.92 Å². The number of H-pyrrole nitrogens is 1. The summed E-state index contributed by atoms with van der Waals surface area (Å²) in [4.78, 5) is 3.37. The van der Waals surface area contributed by atoms with Gasteiger partial charge in [-0.15, -0.1) is 0 Å². The van der Waals surface area contributed by atoms with E-state index >= 15 is 0 Å². The van der Waals surface area contributed by atoms with Crippen LogP contribution in [0.25, 0.3) is 10.9 Å². The van der Waals surface area contributed by atoms with Crippen molar-refractivity contribution in [1.29, 1.82) is 0 Å². The first kappa shape index (κ1) is 24.8. The van der Waals surface area contributed by atoms with Crippen LogP contribution in [0.3, 0.4) is 0 Å². The summed E-state index contributed by atoms with van der Waals surface area (Å²) in [5.74, 6) is 2.26. The number of aliphatic hydroxyl groups excluding tert-OH is 1. The minimum Gasteiger partial charge on any atom is -0.542 e. The Balaban J connectivity index is 2.82. The molecule has 0 bridgehead atoms. The van der Waals surface area contributed by atoms with Crippen LogP contribution in [0.5, 0.6) is 17.2 Å². The number of fused-ring (bicyclic) bond motifs is 1. The molecule has 2 N–H and O–H groups in total. The third-order valence-electron chi connectivity index (χ3n) is 6.93. The van der Waals surface area contributed by atoms with E-state index in [0.29, 0.717) is 5.75 Å². The zero-order valence-corrected chi connectivity index (χ0v) is 23.0. The van der Waals surface area contributed by atoms with E-state index in [2.05, 4.69) is 72.7 Å². The van der Waals surface area contributed by atoms with E-state index in [1.165, 1.54) is 0 Å². The van der Waals surface area contributed by atoms with E-state index in [1.54, 1.807) is 7.11 Å². The molecule has 7 heteroatoms. The summed E-state index contributed by atoms with van der Waals surface area (Å²) in [5.41, 5.74) is 2.53. The maximum absolute atomic E-state index is 9.81. The van der Waals surface area contributed by atoms with Gasteiger partial charge in [0.15, 0.2) is 11.5 Å². The average Bonchev–Trinajstić information content (AvgIpc) is 3.01. The Morgan fingerprint density at radius 1 is 0.867 bits per heavy atom. The molecule has 30 heavy (non-hydrogen) atoms. The molecule has 0 aliphatic rings. The molecule has 0 aliphatic heterocycles. The van der Waals surface area contributed by atoms with Crippen LogP contribution in [0.1, 0.15) is 52.8 Å². The average molecular weight is 452 g/mol. The van der Waals surface area contributed by atoms with Crippen molar-refractivity contribution in [3.8, 4) is 17.2 Å². The fraction of sp³-hybridized carbons (Fsp3) is 0.652. The Morgan fingerprint density at radius 2 is 1.33 bits per heavy atom. The summed E-state index contributed by atoms with van der Waals surface area (Å²) >= 11 is 0. The minimum absolute atomic E-state index is 0.0463. The van der Waals surface area contributed by atoms with Crippen molar-refractivity contribution >= 4 is 27.5 Å². The molecule has 0 radical (unpaired) electrons. The maximum atomic E-state index is 9.81. The van der Waals surface area contributed by atoms with Crippen molar-refractivity contribution in [2.24, 2.45) is 0 Å². The highest BCUT2D eigenvalue weighted by Gasteiger charge is 2.42. The minimum atomic E-state index is -2.12. The van der Waals surface area contributed by atoms with E-state index < -0.39 is 16.6 Å². The summed E-state index contributed by atoms with van der Waals surface area (Å²) in [6, 6.07) is 1.96. The molecule has 0 aliphatic carbocycles. The van der Waals surface area contributed by atoms with Crippen molar-refractivity contribution < 1.29 is 18.7 Å². The van der Waals surface area contributed by atoms with E-state index in [0.717, 1.165) is 33.7 Å². The van der Waals surface area contributed by atoms with Crippen LogP contribution in [-0.2, 0) is 6.61 Å². The standard InChI is InChI=1S/C23H41NO4Si2/c1-15-19(27-29(9,10)22(2,3)4)18-17(13-16(14-25)24-18)21(20(15)26-8)28-30(11,12)23(5,6)7/h13,24-25H,14H2,1-12H3. The molecule has 0 unspecified atom stereocenters. The molecule has 1 aromatic heterocycles. The lowest BCUT2D eigenvalue weighted by Crippen LogP contribution is -2.44. The zero-order chi connectivity index (χ0) is 23.3. The second-order valence-electron chi connectivity index (χ2n) is 11.3. The van der Waals surface area contributed by atoms with Gasteiger partial charge in [0.25, 0.3) is 16.6 Å². The molecular weight excluding hydrogens is 410 g/mol. The number of nitrogens with one attached hydrogen (secondary N) is 1. The number of ether oxygens (including phenoxy) is 1. The van der Waals surface area contributed by atoms with Gasteiger partial charge in [-0.2, -0.15) is 0 Å². The molecule has 2 rings (SSSR count). The Hall–Kier alpha value is -1.45. The van der Waals surface area contributed by atoms with Crippen LogP contribution < -0.4 is 13.6 Å². The van der Waals surface area contributed by atoms with E-state index in [1.807, 2.05) is 13.0 Å². The van der Waals surface area contributed by atoms with Crippen molar-refractivity contribution in [3.63, 3.8) is 0 Å². The van der Waals surface area contributed by atoms with Crippen molar-refractivity contribution in [2.45, 2.75) is 91.3 Å². The number of hydrogen-bond donors (Lipinski definition) is 2. The van der Waals surface area contributed by atoms with Crippen molar-refractivity contribution in [1.82, 2.24) is 4.98 Å². The highest BCUT2D eigenvalue weighted by molar-refractivity contribution is 6.75. The van der Waals surface area contributed by atoms with Crippen molar-refractivity contribution in [2.75, 3.05) is 7.11 Å². The molecular formula is C23H41NO4Si2.